The summed E-state index contributed by atoms with van der Waals surface area (Å²) in [6.07, 6.45) is -6.06. The summed E-state index contributed by atoms with van der Waals surface area (Å²) in [5.74, 6) is -2.85. The molecule has 1 aliphatic rings. The van der Waals surface area contributed by atoms with Crippen molar-refractivity contribution in [2.45, 2.75) is 65.1 Å². The molecule has 0 amide bonds. The highest BCUT2D eigenvalue weighted by molar-refractivity contribution is 5.69. The van der Waals surface area contributed by atoms with Gasteiger partial charge in [-0.05, 0) is 24.1 Å². The summed E-state index contributed by atoms with van der Waals surface area (Å²) in [6, 6.07) is 3.98. The lowest BCUT2D eigenvalue weighted by atomic mass is 9.88. The molecule has 0 N–H and O–H groups in total. The molecule has 0 bridgehead atoms. The zero-order valence-corrected chi connectivity index (χ0v) is 18.8. The van der Waals surface area contributed by atoms with Crippen molar-refractivity contribution in [3.63, 3.8) is 0 Å². The van der Waals surface area contributed by atoms with Crippen molar-refractivity contribution in [3.8, 4) is 0 Å². The molecular weight excluding hydrogens is 442 g/mol. The molecule has 12 nitrogen and oxygen atoms in total. The molecule has 5 atom stereocenters. The summed E-state index contributed by atoms with van der Waals surface area (Å²) in [5.41, 5.74) is 0.671. The van der Waals surface area contributed by atoms with E-state index in [1.165, 1.54) is 25.1 Å². The molecule has 12 heteroatoms. The van der Waals surface area contributed by atoms with E-state index in [1.807, 2.05) is 0 Å². The molecule has 2 rings (SSSR count). The van der Waals surface area contributed by atoms with Crippen molar-refractivity contribution in [1.82, 2.24) is 0 Å². The fourth-order valence-electron chi connectivity index (χ4n) is 3.57. The van der Waals surface area contributed by atoms with Gasteiger partial charge < -0.3 is 23.7 Å². The number of carbonyl (C=O) groups is 4. The maximum absolute atomic E-state index is 11.9. The van der Waals surface area contributed by atoms with Crippen LogP contribution in [-0.4, -0.2) is 59.8 Å². The van der Waals surface area contributed by atoms with Crippen LogP contribution < -0.4 is 0 Å². The van der Waals surface area contributed by atoms with Gasteiger partial charge in [-0.3, -0.25) is 29.3 Å². The van der Waals surface area contributed by atoms with Crippen LogP contribution >= 0.6 is 0 Å². The van der Waals surface area contributed by atoms with Crippen molar-refractivity contribution in [2.24, 2.45) is 0 Å². The van der Waals surface area contributed by atoms with Gasteiger partial charge in [0.25, 0.3) is 5.69 Å². The number of ether oxygens (including phenoxy) is 5. The minimum absolute atomic E-state index is 0.165. The van der Waals surface area contributed by atoms with E-state index in [4.69, 9.17) is 23.7 Å². The largest absolute Gasteiger partial charge is 0.463 e. The first-order chi connectivity index (χ1) is 15.4. The molecule has 1 aromatic rings. The molecule has 180 valence electrons. The summed E-state index contributed by atoms with van der Waals surface area (Å²) < 4.78 is 27.2. The summed E-state index contributed by atoms with van der Waals surface area (Å²) in [4.78, 5) is 57.5. The molecule has 0 spiro atoms. The number of non-ortho nitro benzene ring substituents is 1. The number of esters is 4. The molecular formula is C21H25NO11. The number of nitro groups is 1. The van der Waals surface area contributed by atoms with Crippen molar-refractivity contribution in [1.29, 1.82) is 0 Å². The number of nitro benzene ring substituents is 1. The molecule has 0 saturated carbocycles. The lowest BCUT2D eigenvalue weighted by Crippen LogP contribution is -2.59. The Labute approximate surface area is 189 Å². The van der Waals surface area contributed by atoms with E-state index in [-0.39, 0.29) is 12.3 Å². The average Bonchev–Trinajstić information content (AvgIpc) is 2.68. The van der Waals surface area contributed by atoms with Crippen LogP contribution in [0.3, 0.4) is 0 Å². The van der Waals surface area contributed by atoms with Crippen LogP contribution in [0.1, 0.15) is 44.9 Å². The molecule has 0 unspecified atom stereocenters. The molecule has 1 fully saturated rings. The average molecular weight is 467 g/mol. The molecule has 0 aromatic heterocycles. The van der Waals surface area contributed by atoms with Gasteiger partial charge in [0.2, 0.25) is 0 Å². The third-order valence-electron chi connectivity index (χ3n) is 4.76. The summed E-state index contributed by atoms with van der Waals surface area (Å²) in [6.45, 7) is 5.79. The minimum Gasteiger partial charge on any atom is -0.463 e. The minimum atomic E-state index is -1.32. The van der Waals surface area contributed by atoms with Crippen LogP contribution in [-0.2, 0) is 42.9 Å². The van der Waals surface area contributed by atoms with Gasteiger partial charge in [-0.2, -0.15) is 0 Å². The van der Waals surface area contributed by atoms with E-state index < -0.39 is 59.3 Å². The Hall–Kier alpha value is -3.54. The Balaban J connectivity index is 2.60. The highest BCUT2D eigenvalue weighted by atomic mass is 16.7. The Morgan fingerprint density at radius 3 is 1.94 bits per heavy atom. The predicted octanol–water partition coefficient (Wildman–Crippen LogP) is 1.70. The van der Waals surface area contributed by atoms with E-state index in [0.29, 0.717) is 11.1 Å². The SMILES string of the molecule is CC(=O)OC[C@H]1O[C@H](c2ccc([N+](=O)[O-])cc2C)[C@H](OC(C)=O)[C@@H](OC(C)=O)[C@H]1OC(C)=O. The lowest BCUT2D eigenvalue weighted by molar-refractivity contribution is -0.384. The van der Waals surface area contributed by atoms with Gasteiger partial charge in [0, 0.05) is 39.8 Å². The number of aryl methyl sites for hydroxylation is 1. The van der Waals surface area contributed by atoms with Crippen LogP contribution in [0.5, 0.6) is 0 Å². The van der Waals surface area contributed by atoms with E-state index in [2.05, 4.69) is 0 Å². The van der Waals surface area contributed by atoms with Gasteiger partial charge in [-0.25, -0.2) is 0 Å². The van der Waals surface area contributed by atoms with Gasteiger partial charge in [-0.15, -0.1) is 0 Å². The number of rotatable bonds is 7. The zero-order valence-electron chi connectivity index (χ0n) is 18.8. The van der Waals surface area contributed by atoms with E-state index in [1.54, 1.807) is 6.92 Å². The van der Waals surface area contributed by atoms with Crippen molar-refractivity contribution < 1.29 is 47.8 Å². The normalized spacial score (nSPS) is 24.3. The number of carbonyl (C=O) groups excluding carboxylic acids is 4. The molecule has 1 aromatic carbocycles. The van der Waals surface area contributed by atoms with Crippen molar-refractivity contribution in [2.75, 3.05) is 6.61 Å². The summed E-state index contributed by atoms with van der Waals surface area (Å²) >= 11 is 0. The number of hydrogen-bond acceptors (Lipinski definition) is 11. The van der Waals surface area contributed by atoms with E-state index in [9.17, 15) is 29.3 Å². The van der Waals surface area contributed by atoms with Crippen LogP contribution in [0.25, 0.3) is 0 Å². The van der Waals surface area contributed by atoms with E-state index >= 15 is 0 Å². The summed E-state index contributed by atoms with van der Waals surface area (Å²) in [7, 11) is 0. The third-order valence-corrected chi connectivity index (χ3v) is 4.76. The quantitative estimate of drug-likeness (QED) is 0.249. The van der Waals surface area contributed by atoms with Crippen molar-refractivity contribution >= 4 is 29.6 Å². The van der Waals surface area contributed by atoms with Gasteiger partial charge >= 0.3 is 23.9 Å². The lowest BCUT2D eigenvalue weighted by Gasteiger charge is -2.44. The second-order valence-electron chi connectivity index (χ2n) is 7.42. The Morgan fingerprint density at radius 1 is 0.909 bits per heavy atom. The fourth-order valence-corrected chi connectivity index (χ4v) is 3.57. The Bertz CT molecular complexity index is 944. The molecule has 0 aliphatic carbocycles. The highest BCUT2D eigenvalue weighted by Gasteiger charge is 2.52. The number of nitrogens with zero attached hydrogens (tertiary/aromatic N) is 1. The number of hydrogen-bond donors (Lipinski definition) is 0. The topological polar surface area (TPSA) is 158 Å². The maximum Gasteiger partial charge on any atom is 0.303 e. The predicted molar refractivity (Wildman–Crippen MR) is 109 cm³/mol. The van der Waals surface area contributed by atoms with Crippen LogP contribution in [0.4, 0.5) is 5.69 Å². The third kappa shape index (κ3) is 6.72. The Kier molecular flexibility index (Phi) is 8.46. The second kappa shape index (κ2) is 10.9. The molecule has 0 radical (unpaired) electrons. The first-order valence-corrected chi connectivity index (χ1v) is 9.96. The van der Waals surface area contributed by atoms with Gasteiger partial charge in [0.1, 0.15) is 18.8 Å². The van der Waals surface area contributed by atoms with Crippen LogP contribution in [0, 0.1) is 17.0 Å². The summed E-state index contributed by atoms with van der Waals surface area (Å²) in [5, 5.41) is 11.1. The highest BCUT2D eigenvalue weighted by Crippen LogP contribution is 2.39. The van der Waals surface area contributed by atoms with Gasteiger partial charge in [0.15, 0.2) is 18.3 Å². The second-order valence-corrected chi connectivity index (χ2v) is 7.42. The van der Waals surface area contributed by atoms with Crippen LogP contribution in [0.2, 0.25) is 0 Å². The van der Waals surface area contributed by atoms with Gasteiger partial charge in [-0.1, -0.05) is 0 Å². The first kappa shape index (κ1) is 25.7. The number of benzene rings is 1. The maximum atomic E-state index is 11.9. The first-order valence-electron chi connectivity index (χ1n) is 9.96. The fraction of sp³-hybridized carbons (Fsp3) is 0.524. The molecule has 33 heavy (non-hydrogen) atoms. The monoisotopic (exact) mass is 467 g/mol. The molecule has 1 aliphatic heterocycles. The standard InChI is InChI=1S/C21H25NO11/c1-10-8-15(22(27)28)6-7-16(10)18-20(31-13(4)25)21(32-14(5)26)19(30-12(3)24)17(33-18)9-29-11(2)23/h6-8,17-21H,9H2,1-5H3/t17-,18-,19+,20+,21+/m1/s1. The van der Waals surface area contributed by atoms with E-state index in [0.717, 1.165) is 20.8 Å². The van der Waals surface area contributed by atoms with Crippen molar-refractivity contribution in [3.05, 3.63) is 39.4 Å². The van der Waals surface area contributed by atoms with Crippen LogP contribution in [0.15, 0.2) is 18.2 Å². The molecule has 1 heterocycles. The zero-order chi connectivity index (χ0) is 24.9. The smallest absolute Gasteiger partial charge is 0.303 e. The molecule has 1 saturated heterocycles. The Morgan fingerprint density at radius 2 is 1.45 bits per heavy atom. The van der Waals surface area contributed by atoms with Gasteiger partial charge in [0.05, 0.1) is 4.92 Å².